The molecule has 0 heterocycles. The smallest absolute Gasteiger partial charge is 0.306 e. The number of hydrogen-bond donors (Lipinski definition) is 0. The fourth-order valence-corrected chi connectivity index (χ4v) is 2.55. The largest absolute Gasteiger partial charge is 0.497 e. The Balaban J connectivity index is 2.16. The SMILES string of the molecule is COc1ccc(COC(=O)CCCCCS(=O)(=O)Cl)cc1. The Morgan fingerprint density at radius 3 is 2.38 bits per heavy atom. The molecule has 0 fully saturated rings. The molecular weight excluding hydrogens is 316 g/mol. The summed E-state index contributed by atoms with van der Waals surface area (Å²) in [4.78, 5) is 11.5. The van der Waals surface area contributed by atoms with Crippen molar-refractivity contribution < 1.29 is 22.7 Å². The predicted octanol–water partition coefficient (Wildman–Crippen LogP) is 2.87. The summed E-state index contributed by atoms with van der Waals surface area (Å²) >= 11 is 0. The second kappa shape index (κ2) is 8.89. The third-order valence-electron chi connectivity index (χ3n) is 2.83. The van der Waals surface area contributed by atoms with Gasteiger partial charge in [0.05, 0.1) is 12.9 Å². The zero-order valence-corrected chi connectivity index (χ0v) is 13.5. The average molecular weight is 335 g/mol. The molecule has 1 aromatic rings. The lowest BCUT2D eigenvalue weighted by Crippen LogP contribution is -2.05. The summed E-state index contributed by atoms with van der Waals surface area (Å²) in [5, 5.41) is 0. The van der Waals surface area contributed by atoms with Gasteiger partial charge in [-0.3, -0.25) is 4.79 Å². The third kappa shape index (κ3) is 8.57. The highest BCUT2D eigenvalue weighted by atomic mass is 35.7. The van der Waals surface area contributed by atoms with Gasteiger partial charge < -0.3 is 9.47 Å². The number of unbranched alkanes of at least 4 members (excludes halogenated alkanes) is 2. The van der Waals surface area contributed by atoms with Gasteiger partial charge in [-0.1, -0.05) is 18.6 Å². The van der Waals surface area contributed by atoms with Gasteiger partial charge in [0.25, 0.3) is 0 Å². The monoisotopic (exact) mass is 334 g/mol. The van der Waals surface area contributed by atoms with Crippen molar-refractivity contribution in [2.24, 2.45) is 0 Å². The first-order valence-corrected chi connectivity index (χ1v) is 9.09. The molecular formula is C14H19ClO5S. The van der Waals surface area contributed by atoms with Gasteiger partial charge in [0.15, 0.2) is 0 Å². The second-order valence-corrected chi connectivity index (χ2v) is 7.46. The highest BCUT2D eigenvalue weighted by molar-refractivity contribution is 8.13. The quantitative estimate of drug-likeness (QED) is 0.394. The minimum Gasteiger partial charge on any atom is -0.497 e. The fraction of sp³-hybridized carbons (Fsp3) is 0.500. The molecule has 7 heteroatoms. The standard InChI is InChI=1S/C14H19ClO5S/c1-19-13-8-6-12(7-9-13)11-20-14(16)5-3-2-4-10-21(15,17)18/h6-9H,2-5,10-11H2,1H3. The van der Waals surface area contributed by atoms with E-state index >= 15 is 0 Å². The Hall–Kier alpha value is -1.27. The van der Waals surface area contributed by atoms with Crippen molar-refractivity contribution in [3.8, 4) is 5.75 Å². The molecule has 0 saturated heterocycles. The molecule has 0 aromatic heterocycles. The first kappa shape index (κ1) is 17.8. The van der Waals surface area contributed by atoms with Crippen LogP contribution in [0.3, 0.4) is 0 Å². The van der Waals surface area contributed by atoms with Crippen molar-refractivity contribution in [3.63, 3.8) is 0 Å². The molecule has 1 aromatic carbocycles. The zero-order chi connectivity index (χ0) is 15.7. The van der Waals surface area contributed by atoms with Gasteiger partial charge in [0, 0.05) is 17.1 Å². The molecule has 0 radical (unpaired) electrons. The van der Waals surface area contributed by atoms with Crippen molar-refractivity contribution in [3.05, 3.63) is 29.8 Å². The van der Waals surface area contributed by atoms with Gasteiger partial charge in [-0.25, -0.2) is 8.42 Å². The molecule has 0 amide bonds. The zero-order valence-electron chi connectivity index (χ0n) is 11.9. The van der Waals surface area contributed by atoms with Crippen LogP contribution in [0.25, 0.3) is 0 Å². The van der Waals surface area contributed by atoms with Gasteiger partial charge in [-0.2, -0.15) is 0 Å². The number of rotatable bonds is 9. The molecule has 0 aliphatic rings. The van der Waals surface area contributed by atoms with Gasteiger partial charge in [-0.15, -0.1) is 0 Å². The van der Waals surface area contributed by atoms with Crippen LogP contribution in [0.2, 0.25) is 0 Å². The Labute approximate surface area is 129 Å². The molecule has 0 atom stereocenters. The van der Waals surface area contributed by atoms with Crippen LogP contribution >= 0.6 is 10.7 Å². The number of esters is 1. The van der Waals surface area contributed by atoms with Crippen LogP contribution in [0, 0.1) is 0 Å². The summed E-state index contributed by atoms with van der Waals surface area (Å²) in [6.07, 6.45) is 1.95. The van der Waals surface area contributed by atoms with E-state index in [-0.39, 0.29) is 24.7 Å². The van der Waals surface area contributed by atoms with Crippen LogP contribution in [0.1, 0.15) is 31.2 Å². The summed E-state index contributed by atoms with van der Waals surface area (Å²) in [6, 6.07) is 7.26. The first-order valence-electron chi connectivity index (χ1n) is 6.61. The molecule has 0 bridgehead atoms. The van der Waals surface area contributed by atoms with Crippen molar-refractivity contribution in [1.82, 2.24) is 0 Å². The first-order chi connectivity index (χ1) is 9.90. The third-order valence-corrected chi connectivity index (χ3v) is 4.07. The van der Waals surface area contributed by atoms with E-state index < -0.39 is 9.05 Å². The van der Waals surface area contributed by atoms with E-state index in [1.807, 2.05) is 12.1 Å². The second-order valence-electron chi connectivity index (χ2n) is 4.56. The van der Waals surface area contributed by atoms with Crippen molar-refractivity contribution in [2.45, 2.75) is 32.3 Å². The number of ether oxygens (including phenoxy) is 2. The number of benzene rings is 1. The molecule has 1 rings (SSSR count). The number of carbonyl (C=O) groups excluding carboxylic acids is 1. The lowest BCUT2D eigenvalue weighted by atomic mass is 10.2. The van der Waals surface area contributed by atoms with Crippen molar-refractivity contribution in [2.75, 3.05) is 12.9 Å². The normalized spacial score (nSPS) is 11.1. The van der Waals surface area contributed by atoms with Gasteiger partial charge in [-0.05, 0) is 30.5 Å². The Kier molecular flexibility index (Phi) is 7.53. The molecule has 0 aliphatic carbocycles. The molecule has 21 heavy (non-hydrogen) atoms. The van der Waals surface area contributed by atoms with Crippen LogP contribution in [-0.2, 0) is 25.2 Å². The number of hydrogen-bond acceptors (Lipinski definition) is 5. The van der Waals surface area contributed by atoms with E-state index in [4.69, 9.17) is 20.2 Å². The van der Waals surface area contributed by atoms with Gasteiger partial charge >= 0.3 is 5.97 Å². The number of halogens is 1. The summed E-state index contributed by atoms with van der Waals surface area (Å²) < 4.78 is 31.6. The van der Waals surface area contributed by atoms with Crippen LogP contribution in [0.4, 0.5) is 0 Å². The molecule has 5 nitrogen and oxygen atoms in total. The molecule has 0 saturated carbocycles. The van der Waals surface area contributed by atoms with Crippen LogP contribution in [0.5, 0.6) is 5.75 Å². The van der Waals surface area contributed by atoms with E-state index in [9.17, 15) is 13.2 Å². The van der Waals surface area contributed by atoms with E-state index in [0.29, 0.717) is 19.3 Å². The highest BCUT2D eigenvalue weighted by Crippen LogP contribution is 2.12. The van der Waals surface area contributed by atoms with Crippen molar-refractivity contribution in [1.29, 1.82) is 0 Å². The van der Waals surface area contributed by atoms with E-state index in [1.165, 1.54) is 0 Å². The molecule has 0 unspecified atom stereocenters. The summed E-state index contributed by atoms with van der Waals surface area (Å²) in [7, 11) is 3.24. The lowest BCUT2D eigenvalue weighted by Gasteiger charge is -2.06. The Morgan fingerprint density at radius 2 is 1.81 bits per heavy atom. The predicted molar refractivity (Wildman–Crippen MR) is 80.9 cm³/mol. The topological polar surface area (TPSA) is 69.7 Å². The van der Waals surface area contributed by atoms with Crippen LogP contribution in [-0.4, -0.2) is 27.2 Å². The minimum atomic E-state index is -3.43. The van der Waals surface area contributed by atoms with E-state index in [2.05, 4.69) is 0 Å². The molecule has 0 spiro atoms. The maximum atomic E-state index is 11.5. The van der Waals surface area contributed by atoms with Crippen molar-refractivity contribution >= 4 is 25.7 Å². The van der Waals surface area contributed by atoms with Crippen LogP contribution < -0.4 is 4.74 Å². The minimum absolute atomic E-state index is 0.0601. The molecule has 118 valence electrons. The Morgan fingerprint density at radius 1 is 1.14 bits per heavy atom. The number of carbonyl (C=O) groups is 1. The average Bonchev–Trinajstić information content (AvgIpc) is 2.44. The van der Waals surface area contributed by atoms with E-state index in [1.54, 1.807) is 19.2 Å². The summed E-state index contributed by atoms with van der Waals surface area (Å²) in [5.41, 5.74) is 0.886. The molecule has 0 N–H and O–H groups in total. The van der Waals surface area contributed by atoms with Gasteiger partial charge in [0.2, 0.25) is 9.05 Å². The summed E-state index contributed by atoms with van der Waals surface area (Å²) in [5.74, 6) is 0.397. The highest BCUT2D eigenvalue weighted by Gasteiger charge is 2.06. The lowest BCUT2D eigenvalue weighted by molar-refractivity contribution is -0.145. The van der Waals surface area contributed by atoms with Gasteiger partial charge in [0.1, 0.15) is 12.4 Å². The Bertz CT molecular complexity index is 539. The fourth-order valence-electron chi connectivity index (χ4n) is 1.68. The van der Waals surface area contributed by atoms with Crippen LogP contribution in [0.15, 0.2) is 24.3 Å². The maximum absolute atomic E-state index is 11.5. The summed E-state index contributed by atoms with van der Waals surface area (Å²) in [6.45, 7) is 0.221. The molecule has 0 aliphatic heterocycles. The van der Waals surface area contributed by atoms with E-state index in [0.717, 1.165) is 11.3 Å². The maximum Gasteiger partial charge on any atom is 0.306 e. The number of methoxy groups -OCH3 is 1.